The van der Waals surface area contributed by atoms with Crippen LogP contribution in [-0.4, -0.2) is 32.0 Å². The minimum atomic E-state index is -0.170. The van der Waals surface area contributed by atoms with Crippen molar-refractivity contribution in [2.45, 2.75) is 32.4 Å². The zero-order valence-electron chi connectivity index (χ0n) is 20.7. The number of anilines is 1. The number of carbonyl (C=O) groups is 1. The minimum absolute atomic E-state index is 0.0598. The third kappa shape index (κ3) is 5.38. The van der Waals surface area contributed by atoms with Crippen molar-refractivity contribution in [2.75, 3.05) is 11.9 Å². The monoisotopic (exact) mass is 529 g/mol. The van der Waals surface area contributed by atoms with Crippen molar-refractivity contribution in [1.29, 1.82) is 0 Å². The standard InChI is InChI=1S/C29H28ClN5OS/c1-19-8-10-21(11-9-19)32-26(36)14-17-35-28(27(33-29(35)37)24-6-3-4-15-31-24)25-7-5-16-34(25)22-12-13-23(30)20(2)18-22/h3-13,15-16,18,27-28H,14,17H2,1-2H3,(H,32,36)(H,33,37)/t27-,28+/m1/s1. The van der Waals surface area contributed by atoms with Crippen LogP contribution < -0.4 is 10.6 Å². The quantitative estimate of drug-likeness (QED) is 0.281. The zero-order chi connectivity index (χ0) is 25.9. The Hall–Kier alpha value is -3.68. The first-order chi connectivity index (χ1) is 17.9. The molecule has 0 saturated carbocycles. The average molecular weight is 530 g/mol. The number of aromatic nitrogens is 2. The first kappa shape index (κ1) is 25.0. The topological polar surface area (TPSA) is 62.2 Å². The van der Waals surface area contributed by atoms with E-state index in [0.29, 0.717) is 18.1 Å². The molecule has 37 heavy (non-hydrogen) atoms. The molecule has 3 heterocycles. The van der Waals surface area contributed by atoms with Crippen LogP contribution in [0.15, 0.2) is 85.2 Å². The number of hydrogen-bond acceptors (Lipinski definition) is 3. The Bertz CT molecular complexity index is 1420. The van der Waals surface area contributed by atoms with E-state index in [-0.39, 0.29) is 18.0 Å². The molecule has 2 aromatic heterocycles. The fourth-order valence-electron chi connectivity index (χ4n) is 4.70. The average Bonchev–Trinajstić information content (AvgIpc) is 3.50. The number of hydrogen-bond donors (Lipinski definition) is 2. The van der Waals surface area contributed by atoms with Crippen LogP contribution in [0.5, 0.6) is 0 Å². The van der Waals surface area contributed by atoms with Crippen LogP contribution in [0.25, 0.3) is 5.69 Å². The number of nitrogens with one attached hydrogen (secondary N) is 2. The van der Waals surface area contributed by atoms with E-state index < -0.39 is 0 Å². The molecule has 0 unspecified atom stereocenters. The number of rotatable bonds is 7. The maximum Gasteiger partial charge on any atom is 0.226 e. The molecule has 0 radical (unpaired) electrons. The van der Waals surface area contributed by atoms with Gasteiger partial charge in [-0.3, -0.25) is 9.78 Å². The van der Waals surface area contributed by atoms with Gasteiger partial charge in [0, 0.05) is 47.5 Å². The summed E-state index contributed by atoms with van der Waals surface area (Å²) in [6, 6.07) is 23.4. The predicted octanol–water partition coefficient (Wildman–Crippen LogP) is 6.14. The lowest BCUT2D eigenvalue weighted by atomic mass is 10.0. The molecule has 8 heteroatoms. The molecule has 0 bridgehead atoms. The van der Waals surface area contributed by atoms with Crippen LogP contribution in [0.3, 0.4) is 0 Å². The van der Waals surface area contributed by atoms with Crippen molar-refractivity contribution in [2.24, 2.45) is 0 Å². The Morgan fingerprint density at radius 3 is 2.62 bits per heavy atom. The van der Waals surface area contributed by atoms with Crippen molar-refractivity contribution in [1.82, 2.24) is 19.8 Å². The van der Waals surface area contributed by atoms with Gasteiger partial charge < -0.3 is 20.1 Å². The lowest BCUT2D eigenvalue weighted by molar-refractivity contribution is -0.116. The van der Waals surface area contributed by atoms with E-state index in [1.807, 2.05) is 80.7 Å². The van der Waals surface area contributed by atoms with Crippen molar-refractivity contribution >= 4 is 40.5 Å². The normalized spacial score (nSPS) is 17.1. The number of aryl methyl sites for hydroxylation is 2. The third-order valence-electron chi connectivity index (χ3n) is 6.62. The van der Waals surface area contributed by atoms with E-state index in [9.17, 15) is 4.79 Å². The number of nitrogens with zero attached hydrogens (tertiary/aromatic N) is 3. The first-order valence-corrected chi connectivity index (χ1v) is 13.0. The summed E-state index contributed by atoms with van der Waals surface area (Å²) in [5.74, 6) is -0.0598. The molecule has 1 aliphatic heterocycles. The highest BCUT2D eigenvalue weighted by Crippen LogP contribution is 2.39. The van der Waals surface area contributed by atoms with Gasteiger partial charge >= 0.3 is 0 Å². The van der Waals surface area contributed by atoms with Crippen molar-refractivity contribution < 1.29 is 4.79 Å². The molecule has 2 aromatic carbocycles. The van der Waals surface area contributed by atoms with Gasteiger partial charge in [0.1, 0.15) is 0 Å². The van der Waals surface area contributed by atoms with Crippen molar-refractivity contribution in [3.63, 3.8) is 0 Å². The summed E-state index contributed by atoms with van der Waals surface area (Å²) >= 11 is 12.1. The molecular formula is C29H28ClN5OS. The Kier molecular flexibility index (Phi) is 7.26. The van der Waals surface area contributed by atoms with Gasteiger partial charge in [-0.25, -0.2) is 0 Å². The number of pyridine rings is 1. The smallest absolute Gasteiger partial charge is 0.226 e. The highest BCUT2D eigenvalue weighted by molar-refractivity contribution is 7.80. The molecule has 0 spiro atoms. The highest BCUT2D eigenvalue weighted by atomic mass is 35.5. The highest BCUT2D eigenvalue weighted by Gasteiger charge is 2.41. The Labute approximate surface area is 227 Å². The first-order valence-electron chi connectivity index (χ1n) is 12.2. The molecule has 1 saturated heterocycles. The second kappa shape index (κ2) is 10.7. The lowest BCUT2D eigenvalue weighted by Crippen LogP contribution is -2.33. The van der Waals surface area contributed by atoms with E-state index in [1.54, 1.807) is 6.20 Å². The van der Waals surface area contributed by atoms with E-state index in [0.717, 1.165) is 38.9 Å². The number of thiocarbonyl (C=S) groups is 1. The fourth-order valence-corrected chi connectivity index (χ4v) is 5.15. The predicted molar refractivity (Wildman–Crippen MR) is 152 cm³/mol. The molecule has 4 aromatic rings. The summed E-state index contributed by atoms with van der Waals surface area (Å²) in [6.45, 7) is 4.48. The molecule has 1 amide bonds. The Balaban J connectivity index is 1.44. The van der Waals surface area contributed by atoms with Gasteiger partial charge in [0.25, 0.3) is 0 Å². The van der Waals surface area contributed by atoms with E-state index in [2.05, 4.69) is 37.2 Å². The largest absolute Gasteiger partial charge is 0.352 e. The van der Waals surface area contributed by atoms with Gasteiger partial charge in [0.2, 0.25) is 5.91 Å². The van der Waals surface area contributed by atoms with Gasteiger partial charge in [-0.2, -0.15) is 0 Å². The molecule has 6 nitrogen and oxygen atoms in total. The van der Waals surface area contributed by atoms with Crippen LogP contribution in [0, 0.1) is 13.8 Å². The fraction of sp³-hybridized carbons (Fsp3) is 0.207. The summed E-state index contributed by atoms with van der Waals surface area (Å²) in [7, 11) is 0. The van der Waals surface area contributed by atoms with Crippen molar-refractivity contribution in [3.05, 3.63) is 113 Å². The van der Waals surface area contributed by atoms with Crippen LogP contribution in [0.2, 0.25) is 5.02 Å². The summed E-state index contributed by atoms with van der Waals surface area (Å²) in [5.41, 5.74) is 5.88. The van der Waals surface area contributed by atoms with Gasteiger partial charge in [-0.1, -0.05) is 35.4 Å². The number of halogens is 1. The second-order valence-corrected chi connectivity index (χ2v) is 10.0. The summed E-state index contributed by atoms with van der Waals surface area (Å²) in [5, 5.41) is 7.79. The number of carbonyl (C=O) groups excluding carboxylic acids is 1. The molecule has 2 N–H and O–H groups in total. The van der Waals surface area contributed by atoms with E-state index in [1.165, 1.54) is 0 Å². The molecular weight excluding hydrogens is 502 g/mol. The summed E-state index contributed by atoms with van der Waals surface area (Å²) < 4.78 is 2.15. The molecule has 188 valence electrons. The van der Waals surface area contributed by atoms with E-state index in [4.69, 9.17) is 23.8 Å². The lowest BCUT2D eigenvalue weighted by Gasteiger charge is -2.29. The van der Waals surface area contributed by atoms with Gasteiger partial charge in [0.15, 0.2) is 5.11 Å². The molecule has 1 aliphatic rings. The molecule has 5 rings (SSSR count). The molecule has 1 fully saturated rings. The van der Waals surface area contributed by atoms with E-state index >= 15 is 0 Å². The van der Waals surface area contributed by atoms with Crippen LogP contribution >= 0.6 is 23.8 Å². The minimum Gasteiger partial charge on any atom is -0.352 e. The molecule has 2 atom stereocenters. The SMILES string of the molecule is Cc1ccc(NC(=O)CCN2C(=S)N[C@H](c3ccccn3)[C@@H]2c2cccn2-c2ccc(Cl)c(C)c2)cc1. The Morgan fingerprint density at radius 1 is 1.08 bits per heavy atom. The summed E-state index contributed by atoms with van der Waals surface area (Å²) in [6.07, 6.45) is 4.12. The summed E-state index contributed by atoms with van der Waals surface area (Å²) in [4.78, 5) is 19.5. The maximum atomic E-state index is 12.8. The van der Waals surface area contributed by atoms with Gasteiger partial charge in [-0.15, -0.1) is 0 Å². The van der Waals surface area contributed by atoms with Crippen LogP contribution in [0.1, 0.15) is 41.0 Å². The van der Waals surface area contributed by atoms with Crippen LogP contribution in [0.4, 0.5) is 5.69 Å². The third-order valence-corrected chi connectivity index (χ3v) is 7.39. The Morgan fingerprint density at radius 2 is 1.89 bits per heavy atom. The maximum absolute atomic E-state index is 12.8. The number of amides is 1. The van der Waals surface area contributed by atoms with Crippen LogP contribution in [-0.2, 0) is 4.79 Å². The number of benzene rings is 2. The van der Waals surface area contributed by atoms with Gasteiger partial charge in [0.05, 0.1) is 17.8 Å². The van der Waals surface area contributed by atoms with Crippen molar-refractivity contribution in [3.8, 4) is 5.69 Å². The second-order valence-electron chi connectivity index (χ2n) is 9.22. The van der Waals surface area contributed by atoms with Gasteiger partial charge in [-0.05, 0) is 86.2 Å². The molecule has 0 aliphatic carbocycles. The zero-order valence-corrected chi connectivity index (χ0v) is 22.3.